The average Bonchev–Trinajstić information content (AvgIpc) is 2.64. The maximum atomic E-state index is 12.4. The number of hydrazone groups is 1. The molecule has 0 unspecified atom stereocenters. The van der Waals surface area contributed by atoms with Crippen LogP contribution in [0.2, 0.25) is 10.0 Å². The zero-order valence-corrected chi connectivity index (χ0v) is 16.2. The summed E-state index contributed by atoms with van der Waals surface area (Å²) in [5, 5.41) is 4.88. The van der Waals surface area contributed by atoms with E-state index in [1.54, 1.807) is 36.4 Å². The van der Waals surface area contributed by atoms with Crippen LogP contribution in [-0.4, -0.2) is 18.7 Å². The Bertz CT molecular complexity index is 743. The highest BCUT2D eigenvalue weighted by molar-refractivity contribution is 6.38. The Morgan fingerprint density at radius 1 is 1.08 bits per heavy atom. The topological polar surface area (TPSA) is 50.7 Å². The van der Waals surface area contributed by atoms with E-state index in [0.717, 1.165) is 12.8 Å². The predicted octanol–water partition coefficient (Wildman–Crippen LogP) is 5.72. The van der Waals surface area contributed by atoms with Crippen molar-refractivity contribution in [3.63, 3.8) is 0 Å². The summed E-state index contributed by atoms with van der Waals surface area (Å²) in [6.45, 7) is 2.75. The lowest BCUT2D eigenvalue weighted by Gasteiger charge is -2.10. The maximum Gasteiger partial charge on any atom is 0.275 e. The second kappa shape index (κ2) is 10.8. The number of carbonyl (C=O) groups is 1. The molecule has 0 radical (unpaired) electrons. The van der Waals surface area contributed by atoms with Gasteiger partial charge in [-0.25, -0.2) is 5.43 Å². The van der Waals surface area contributed by atoms with Gasteiger partial charge in [-0.3, -0.25) is 4.79 Å². The van der Waals surface area contributed by atoms with Crippen molar-refractivity contribution in [2.75, 3.05) is 6.61 Å². The maximum absolute atomic E-state index is 12.4. The number of para-hydroxylation sites is 1. The van der Waals surface area contributed by atoms with E-state index in [0.29, 0.717) is 33.5 Å². The highest BCUT2D eigenvalue weighted by Crippen LogP contribution is 2.22. The highest BCUT2D eigenvalue weighted by Gasteiger charge is 2.11. The van der Waals surface area contributed by atoms with E-state index in [1.165, 1.54) is 19.1 Å². The number of rotatable bonds is 9. The third-order valence-electron chi connectivity index (χ3n) is 3.75. The summed E-state index contributed by atoms with van der Waals surface area (Å²) in [4.78, 5) is 12.4. The minimum atomic E-state index is -0.353. The van der Waals surface area contributed by atoms with Gasteiger partial charge in [-0.2, -0.15) is 5.10 Å². The first-order chi connectivity index (χ1) is 12.6. The van der Waals surface area contributed by atoms with Crippen LogP contribution in [-0.2, 0) is 0 Å². The number of unbranched alkanes of at least 4 members (excludes halogenated alkanes) is 3. The molecule has 0 spiro atoms. The number of carbonyl (C=O) groups excluding carboxylic acids is 1. The van der Waals surface area contributed by atoms with Crippen molar-refractivity contribution < 1.29 is 9.53 Å². The molecule has 1 N–H and O–H groups in total. The lowest BCUT2D eigenvalue weighted by molar-refractivity contribution is 0.0951. The number of nitrogens with one attached hydrogen (secondary N) is 1. The fourth-order valence-electron chi connectivity index (χ4n) is 2.34. The number of ether oxygens (including phenoxy) is 1. The summed E-state index contributed by atoms with van der Waals surface area (Å²) >= 11 is 12.1. The van der Waals surface area contributed by atoms with Crippen molar-refractivity contribution >= 4 is 35.3 Å². The predicted molar refractivity (Wildman–Crippen MR) is 108 cm³/mol. The zero-order valence-electron chi connectivity index (χ0n) is 14.7. The first-order valence-corrected chi connectivity index (χ1v) is 9.38. The van der Waals surface area contributed by atoms with Gasteiger partial charge in [-0.1, -0.05) is 67.6 Å². The Hall–Kier alpha value is -2.04. The Morgan fingerprint density at radius 3 is 2.54 bits per heavy atom. The number of halogens is 2. The first-order valence-electron chi connectivity index (χ1n) is 8.62. The molecule has 4 nitrogen and oxygen atoms in total. The van der Waals surface area contributed by atoms with E-state index in [1.807, 2.05) is 6.07 Å². The summed E-state index contributed by atoms with van der Waals surface area (Å²) in [7, 11) is 0. The lowest BCUT2D eigenvalue weighted by atomic mass is 10.2. The number of hydrogen-bond acceptors (Lipinski definition) is 3. The molecule has 6 heteroatoms. The van der Waals surface area contributed by atoms with Crippen LogP contribution < -0.4 is 10.2 Å². The van der Waals surface area contributed by atoms with E-state index < -0.39 is 0 Å². The largest absolute Gasteiger partial charge is 0.493 e. The van der Waals surface area contributed by atoms with Gasteiger partial charge in [-0.05, 0) is 30.7 Å². The molecule has 0 bridgehead atoms. The van der Waals surface area contributed by atoms with Gasteiger partial charge in [0.05, 0.1) is 28.4 Å². The van der Waals surface area contributed by atoms with E-state index in [2.05, 4.69) is 17.5 Å². The molecule has 138 valence electrons. The lowest BCUT2D eigenvalue weighted by Crippen LogP contribution is -2.19. The summed E-state index contributed by atoms with van der Waals surface area (Å²) in [5.74, 6) is 0.195. The molecule has 2 aromatic carbocycles. The van der Waals surface area contributed by atoms with Gasteiger partial charge >= 0.3 is 0 Å². The number of nitrogens with zero attached hydrogens (tertiary/aromatic N) is 1. The normalized spacial score (nSPS) is 10.9. The van der Waals surface area contributed by atoms with E-state index in [9.17, 15) is 4.79 Å². The van der Waals surface area contributed by atoms with Crippen LogP contribution in [0.15, 0.2) is 47.6 Å². The van der Waals surface area contributed by atoms with Crippen LogP contribution in [0.3, 0.4) is 0 Å². The molecule has 0 aromatic heterocycles. The van der Waals surface area contributed by atoms with Crippen LogP contribution in [0.25, 0.3) is 0 Å². The quantitative estimate of drug-likeness (QED) is 0.337. The van der Waals surface area contributed by atoms with E-state index >= 15 is 0 Å². The number of hydrogen-bond donors (Lipinski definition) is 1. The smallest absolute Gasteiger partial charge is 0.275 e. The third kappa shape index (κ3) is 6.04. The molecular formula is C20H22Cl2N2O2. The molecule has 0 saturated carbocycles. The summed E-state index contributed by atoms with van der Waals surface area (Å²) < 4.78 is 5.75. The SMILES string of the molecule is CCCCCCOc1ccccc1C(=O)NN=Cc1c(Cl)cccc1Cl. The van der Waals surface area contributed by atoms with Crippen LogP contribution in [0.1, 0.15) is 48.5 Å². The molecule has 0 aliphatic heterocycles. The Balaban J connectivity index is 1.98. The number of amides is 1. The molecule has 0 heterocycles. The van der Waals surface area contributed by atoms with Crippen molar-refractivity contribution in [3.8, 4) is 5.75 Å². The fourth-order valence-corrected chi connectivity index (χ4v) is 2.84. The molecule has 0 fully saturated rings. The van der Waals surface area contributed by atoms with Crippen LogP contribution in [0.5, 0.6) is 5.75 Å². The Kier molecular flexibility index (Phi) is 8.45. The highest BCUT2D eigenvalue weighted by atomic mass is 35.5. The molecule has 26 heavy (non-hydrogen) atoms. The van der Waals surface area contributed by atoms with Gasteiger partial charge in [-0.15, -0.1) is 0 Å². The standard InChI is InChI=1S/C20H22Cl2N2O2/c1-2-3-4-7-13-26-19-12-6-5-9-15(19)20(25)24-23-14-16-17(21)10-8-11-18(16)22/h5-6,8-12,14H,2-4,7,13H2,1H3,(H,24,25). The summed E-state index contributed by atoms with van der Waals surface area (Å²) in [6, 6.07) is 12.3. The fraction of sp³-hybridized carbons (Fsp3) is 0.300. The van der Waals surface area contributed by atoms with Crippen LogP contribution >= 0.6 is 23.2 Å². The minimum absolute atomic E-state index is 0.353. The second-order valence-electron chi connectivity index (χ2n) is 5.74. The average molecular weight is 393 g/mol. The van der Waals surface area contributed by atoms with Gasteiger partial charge in [0.15, 0.2) is 0 Å². The van der Waals surface area contributed by atoms with E-state index in [4.69, 9.17) is 27.9 Å². The van der Waals surface area contributed by atoms with Gasteiger partial charge in [0.1, 0.15) is 5.75 Å². The van der Waals surface area contributed by atoms with Crippen LogP contribution in [0.4, 0.5) is 0 Å². The van der Waals surface area contributed by atoms with Gasteiger partial charge in [0.2, 0.25) is 0 Å². The molecule has 0 aliphatic carbocycles. The van der Waals surface area contributed by atoms with E-state index in [-0.39, 0.29) is 5.91 Å². The summed E-state index contributed by atoms with van der Waals surface area (Å²) in [5.41, 5.74) is 3.47. The summed E-state index contributed by atoms with van der Waals surface area (Å²) in [6.07, 6.45) is 5.87. The molecule has 0 aliphatic rings. The van der Waals surface area contributed by atoms with Gasteiger partial charge in [0, 0.05) is 5.56 Å². The molecule has 2 rings (SSSR count). The second-order valence-corrected chi connectivity index (χ2v) is 6.55. The van der Waals surface area contributed by atoms with Gasteiger partial charge in [0.25, 0.3) is 5.91 Å². The molecule has 2 aromatic rings. The van der Waals surface area contributed by atoms with Crippen molar-refractivity contribution in [1.82, 2.24) is 5.43 Å². The minimum Gasteiger partial charge on any atom is -0.493 e. The molecular weight excluding hydrogens is 371 g/mol. The van der Waals surface area contributed by atoms with Crippen molar-refractivity contribution in [3.05, 3.63) is 63.6 Å². The Labute approximate surface area is 164 Å². The van der Waals surface area contributed by atoms with Crippen molar-refractivity contribution in [1.29, 1.82) is 0 Å². The Morgan fingerprint density at radius 2 is 1.81 bits per heavy atom. The zero-order chi connectivity index (χ0) is 18.8. The molecule has 0 saturated heterocycles. The van der Waals surface area contributed by atoms with Gasteiger partial charge < -0.3 is 4.74 Å². The molecule has 1 amide bonds. The van der Waals surface area contributed by atoms with Crippen LogP contribution in [0, 0.1) is 0 Å². The third-order valence-corrected chi connectivity index (χ3v) is 4.41. The number of benzene rings is 2. The monoisotopic (exact) mass is 392 g/mol. The molecule has 0 atom stereocenters. The van der Waals surface area contributed by atoms with Crippen molar-refractivity contribution in [2.24, 2.45) is 5.10 Å². The van der Waals surface area contributed by atoms with Crippen molar-refractivity contribution in [2.45, 2.75) is 32.6 Å². The first kappa shape index (κ1) is 20.3.